The van der Waals surface area contributed by atoms with Crippen molar-refractivity contribution in [1.29, 1.82) is 0 Å². The summed E-state index contributed by atoms with van der Waals surface area (Å²) in [7, 11) is 1.61. The van der Waals surface area contributed by atoms with Gasteiger partial charge in [0, 0.05) is 12.2 Å². The number of amides is 1. The van der Waals surface area contributed by atoms with Crippen LogP contribution in [0.1, 0.15) is 25.0 Å². The van der Waals surface area contributed by atoms with Gasteiger partial charge in [0.1, 0.15) is 5.82 Å². The summed E-state index contributed by atoms with van der Waals surface area (Å²) >= 11 is 0. The zero-order valence-corrected chi connectivity index (χ0v) is 16.3. The van der Waals surface area contributed by atoms with Gasteiger partial charge in [-0.25, -0.2) is 4.39 Å². The average molecular weight is 374 g/mol. The summed E-state index contributed by atoms with van der Waals surface area (Å²) < 4.78 is 24.3. The Bertz CT molecular complexity index is 780. The van der Waals surface area contributed by atoms with E-state index >= 15 is 0 Å². The summed E-state index contributed by atoms with van der Waals surface area (Å²) in [6.45, 7) is 7.81. The van der Waals surface area contributed by atoms with Gasteiger partial charge in [0.2, 0.25) is 5.91 Å². The van der Waals surface area contributed by atoms with Gasteiger partial charge in [0.15, 0.2) is 11.5 Å². The van der Waals surface area contributed by atoms with Crippen LogP contribution in [-0.2, 0) is 11.3 Å². The molecule has 0 heterocycles. The van der Waals surface area contributed by atoms with Crippen molar-refractivity contribution in [2.45, 2.75) is 27.3 Å². The molecule has 1 N–H and O–H groups in total. The molecule has 2 aromatic carbocycles. The first-order valence-corrected chi connectivity index (χ1v) is 9.04. The number of rotatable bonds is 9. The predicted octanol–water partition coefficient (Wildman–Crippen LogP) is 4.00. The fourth-order valence-corrected chi connectivity index (χ4v) is 2.74. The molecule has 0 bridgehead atoms. The fraction of sp³-hybridized carbons (Fsp3) is 0.381. The molecule has 27 heavy (non-hydrogen) atoms. The summed E-state index contributed by atoms with van der Waals surface area (Å²) in [4.78, 5) is 14.4. The van der Waals surface area contributed by atoms with Crippen molar-refractivity contribution in [2.75, 3.05) is 32.1 Å². The highest BCUT2D eigenvalue weighted by atomic mass is 19.1. The number of ether oxygens (including phenoxy) is 2. The number of methoxy groups -OCH3 is 1. The fourth-order valence-electron chi connectivity index (χ4n) is 2.74. The smallest absolute Gasteiger partial charge is 0.238 e. The topological polar surface area (TPSA) is 50.8 Å². The number of aryl methyl sites for hydroxylation is 1. The first kappa shape index (κ1) is 20.7. The Hall–Kier alpha value is -2.60. The first-order valence-electron chi connectivity index (χ1n) is 9.04. The minimum atomic E-state index is -0.371. The molecule has 1 amide bonds. The molecule has 2 aromatic rings. The molecule has 146 valence electrons. The SMILES string of the molecule is CCOc1ccc(CN(CC)CC(=O)Nc2cc(F)ccc2C)cc1OC. The van der Waals surface area contributed by atoms with E-state index in [1.807, 2.05) is 43.9 Å². The zero-order chi connectivity index (χ0) is 19.8. The summed E-state index contributed by atoms with van der Waals surface area (Å²) in [5.74, 6) is 0.824. The minimum Gasteiger partial charge on any atom is -0.493 e. The first-order chi connectivity index (χ1) is 13.0. The minimum absolute atomic E-state index is 0.177. The van der Waals surface area contributed by atoms with Crippen LogP contribution in [0.4, 0.5) is 10.1 Å². The number of halogens is 1. The molecule has 0 aliphatic heterocycles. The van der Waals surface area contributed by atoms with E-state index in [4.69, 9.17) is 9.47 Å². The largest absolute Gasteiger partial charge is 0.493 e. The lowest BCUT2D eigenvalue weighted by Crippen LogP contribution is -2.33. The molecular formula is C21H27FN2O3. The van der Waals surface area contributed by atoms with Gasteiger partial charge < -0.3 is 14.8 Å². The summed E-state index contributed by atoms with van der Waals surface area (Å²) in [5, 5.41) is 2.78. The molecule has 2 rings (SSSR count). The Labute approximate surface area is 160 Å². The van der Waals surface area contributed by atoms with E-state index in [-0.39, 0.29) is 18.3 Å². The predicted molar refractivity (Wildman–Crippen MR) is 105 cm³/mol. The van der Waals surface area contributed by atoms with E-state index < -0.39 is 0 Å². The lowest BCUT2D eigenvalue weighted by atomic mass is 10.1. The van der Waals surface area contributed by atoms with Crippen LogP contribution in [0.3, 0.4) is 0 Å². The molecule has 0 radical (unpaired) electrons. The number of nitrogens with zero attached hydrogens (tertiary/aromatic N) is 1. The van der Waals surface area contributed by atoms with E-state index in [0.29, 0.717) is 36.9 Å². The van der Waals surface area contributed by atoms with E-state index in [9.17, 15) is 9.18 Å². The molecule has 0 saturated carbocycles. The lowest BCUT2D eigenvalue weighted by Gasteiger charge is -2.21. The van der Waals surface area contributed by atoms with Crippen molar-refractivity contribution < 1.29 is 18.7 Å². The Balaban J connectivity index is 2.02. The van der Waals surface area contributed by atoms with Crippen LogP contribution in [0.2, 0.25) is 0 Å². The number of carbonyl (C=O) groups excluding carboxylic acids is 1. The highest BCUT2D eigenvalue weighted by Crippen LogP contribution is 2.28. The molecule has 0 aliphatic rings. The molecular weight excluding hydrogens is 347 g/mol. The van der Waals surface area contributed by atoms with Crippen molar-refractivity contribution in [2.24, 2.45) is 0 Å². The normalized spacial score (nSPS) is 10.7. The maximum absolute atomic E-state index is 13.4. The van der Waals surface area contributed by atoms with Crippen LogP contribution in [-0.4, -0.2) is 37.6 Å². The van der Waals surface area contributed by atoms with Crippen LogP contribution in [0.15, 0.2) is 36.4 Å². The standard InChI is InChI=1S/C21H27FN2O3/c1-5-24(13-16-8-10-19(27-6-2)20(11-16)26-4)14-21(25)23-18-12-17(22)9-7-15(18)3/h7-12H,5-6,13-14H2,1-4H3,(H,23,25). The number of likely N-dealkylation sites (N-methyl/N-ethyl adjacent to an activating group) is 1. The number of benzene rings is 2. The molecule has 0 unspecified atom stereocenters. The Kier molecular flexibility index (Phi) is 7.61. The molecule has 5 nitrogen and oxygen atoms in total. The number of nitrogens with one attached hydrogen (secondary N) is 1. The summed E-state index contributed by atoms with van der Waals surface area (Å²) in [6.07, 6.45) is 0. The monoisotopic (exact) mass is 374 g/mol. The van der Waals surface area contributed by atoms with Gasteiger partial charge in [0.25, 0.3) is 0 Å². The second kappa shape index (κ2) is 9.92. The van der Waals surface area contributed by atoms with E-state index in [1.54, 1.807) is 13.2 Å². The van der Waals surface area contributed by atoms with Gasteiger partial charge in [-0.1, -0.05) is 19.1 Å². The van der Waals surface area contributed by atoms with Crippen molar-refractivity contribution in [1.82, 2.24) is 4.90 Å². The average Bonchev–Trinajstić information content (AvgIpc) is 2.65. The molecule has 0 fully saturated rings. The van der Waals surface area contributed by atoms with E-state index in [0.717, 1.165) is 11.1 Å². The van der Waals surface area contributed by atoms with Gasteiger partial charge >= 0.3 is 0 Å². The van der Waals surface area contributed by atoms with Crippen LogP contribution in [0.5, 0.6) is 11.5 Å². The van der Waals surface area contributed by atoms with Gasteiger partial charge in [-0.05, 0) is 55.8 Å². The quantitative estimate of drug-likeness (QED) is 0.721. The molecule has 0 atom stereocenters. The lowest BCUT2D eigenvalue weighted by molar-refractivity contribution is -0.117. The van der Waals surface area contributed by atoms with E-state index in [1.165, 1.54) is 12.1 Å². The van der Waals surface area contributed by atoms with Crippen molar-refractivity contribution in [3.63, 3.8) is 0 Å². The maximum atomic E-state index is 13.4. The summed E-state index contributed by atoms with van der Waals surface area (Å²) in [5.41, 5.74) is 2.34. The van der Waals surface area contributed by atoms with E-state index in [2.05, 4.69) is 5.32 Å². The number of hydrogen-bond donors (Lipinski definition) is 1. The third kappa shape index (κ3) is 5.96. The van der Waals surface area contributed by atoms with Gasteiger partial charge in [-0.15, -0.1) is 0 Å². The molecule has 0 spiro atoms. The number of carbonyl (C=O) groups is 1. The Morgan fingerprint density at radius 3 is 2.59 bits per heavy atom. The second-order valence-corrected chi connectivity index (χ2v) is 6.23. The molecule has 0 aromatic heterocycles. The van der Waals surface area contributed by atoms with Crippen LogP contribution >= 0.6 is 0 Å². The van der Waals surface area contributed by atoms with Crippen molar-refractivity contribution in [3.8, 4) is 11.5 Å². The summed E-state index contributed by atoms with van der Waals surface area (Å²) in [6, 6.07) is 10.1. The Morgan fingerprint density at radius 1 is 1.15 bits per heavy atom. The third-order valence-electron chi connectivity index (χ3n) is 4.22. The highest BCUT2D eigenvalue weighted by Gasteiger charge is 2.13. The highest BCUT2D eigenvalue weighted by molar-refractivity contribution is 5.92. The second-order valence-electron chi connectivity index (χ2n) is 6.23. The van der Waals surface area contributed by atoms with Gasteiger partial charge in [-0.2, -0.15) is 0 Å². The van der Waals surface area contributed by atoms with Crippen molar-refractivity contribution in [3.05, 3.63) is 53.3 Å². The van der Waals surface area contributed by atoms with Crippen LogP contribution < -0.4 is 14.8 Å². The van der Waals surface area contributed by atoms with Crippen LogP contribution in [0, 0.1) is 12.7 Å². The third-order valence-corrected chi connectivity index (χ3v) is 4.22. The molecule has 0 aliphatic carbocycles. The molecule has 0 saturated heterocycles. The zero-order valence-electron chi connectivity index (χ0n) is 16.3. The van der Waals surface area contributed by atoms with Crippen molar-refractivity contribution >= 4 is 11.6 Å². The number of anilines is 1. The molecule has 6 heteroatoms. The van der Waals surface area contributed by atoms with Crippen LogP contribution in [0.25, 0.3) is 0 Å². The van der Waals surface area contributed by atoms with Gasteiger partial charge in [-0.3, -0.25) is 9.69 Å². The maximum Gasteiger partial charge on any atom is 0.238 e. The number of hydrogen-bond acceptors (Lipinski definition) is 4. The van der Waals surface area contributed by atoms with Gasteiger partial charge in [0.05, 0.1) is 20.3 Å². The Morgan fingerprint density at radius 2 is 1.93 bits per heavy atom.